The van der Waals surface area contributed by atoms with Crippen molar-refractivity contribution in [2.45, 2.75) is 37.9 Å². The Balaban J connectivity index is 1.72. The van der Waals surface area contributed by atoms with Gasteiger partial charge in [0.2, 0.25) is 11.8 Å². The normalized spacial score (nSPS) is 11.3. The first-order chi connectivity index (χ1) is 18.8. The molecular formula is C29H35N7O3. The van der Waals surface area contributed by atoms with Crippen molar-refractivity contribution in [1.29, 1.82) is 0 Å². The standard InChI is InChI=1S/C29H35N7O3/c30-28(31)33-17-7-12-24(26(37)34-18-20-13-15-21(16-14-20)19-35-29(32)39)36-27(38)25(22-8-3-1-4-9-22)23-10-5-2-6-11-23/h1-6,8-11,13-16,24-25H,7,12,17-19H2,(H,34,37)(H,36,38)(H4,30,31,33)(H3,32,35,39). The lowest BCUT2D eigenvalue weighted by atomic mass is 9.90. The van der Waals surface area contributed by atoms with Crippen LogP contribution in [0.15, 0.2) is 89.9 Å². The highest BCUT2D eigenvalue weighted by molar-refractivity contribution is 5.92. The number of nitrogens with two attached hydrogens (primary N) is 3. The van der Waals surface area contributed by atoms with Gasteiger partial charge in [0.1, 0.15) is 6.04 Å². The molecule has 3 aromatic rings. The van der Waals surface area contributed by atoms with Crippen LogP contribution in [0.4, 0.5) is 4.79 Å². The smallest absolute Gasteiger partial charge is 0.312 e. The molecule has 0 saturated heterocycles. The molecule has 39 heavy (non-hydrogen) atoms. The van der Waals surface area contributed by atoms with Crippen molar-refractivity contribution >= 4 is 23.8 Å². The van der Waals surface area contributed by atoms with Crippen LogP contribution in [0.2, 0.25) is 0 Å². The van der Waals surface area contributed by atoms with Gasteiger partial charge in [0.05, 0.1) is 5.92 Å². The van der Waals surface area contributed by atoms with Gasteiger partial charge < -0.3 is 33.2 Å². The molecule has 1 atom stereocenters. The van der Waals surface area contributed by atoms with Crippen LogP contribution in [0, 0.1) is 0 Å². The fraction of sp³-hybridized carbons (Fsp3) is 0.241. The summed E-state index contributed by atoms with van der Waals surface area (Å²) in [5.41, 5.74) is 19.4. The Morgan fingerprint density at radius 2 is 1.21 bits per heavy atom. The summed E-state index contributed by atoms with van der Waals surface area (Å²) in [6.07, 6.45) is 0.849. The fourth-order valence-corrected chi connectivity index (χ4v) is 4.09. The minimum absolute atomic E-state index is 0.0252. The van der Waals surface area contributed by atoms with Crippen LogP contribution in [0.5, 0.6) is 0 Å². The number of nitrogens with zero attached hydrogens (tertiary/aromatic N) is 1. The van der Waals surface area contributed by atoms with Crippen molar-refractivity contribution in [1.82, 2.24) is 16.0 Å². The third-order valence-electron chi connectivity index (χ3n) is 6.06. The van der Waals surface area contributed by atoms with Crippen LogP contribution in [-0.2, 0) is 22.7 Å². The molecule has 9 N–H and O–H groups in total. The summed E-state index contributed by atoms with van der Waals surface area (Å²) in [6, 6.07) is 24.9. The van der Waals surface area contributed by atoms with E-state index in [1.807, 2.05) is 84.9 Å². The van der Waals surface area contributed by atoms with Gasteiger partial charge in [-0.1, -0.05) is 84.9 Å². The maximum absolute atomic E-state index is 13.6. The van der Waals surface area contributed by atoms with Gasteiger partial charge in [-0.05, 0) is 35.1 Å². The number of hydrogen-bond acceptors (Lipinski definition) is 4. The second-order valence-corrected chi connectivity index (χ2v) is 9.02. The minimum Gasteiger partial charge on any atom is -0.370 e. The van der Waals surface area contributed by atoms with Crippen LogP contribution in [0.25, 0.3) is 0 Å². The molecule has 10 nitrogen and oxygen atoms in total. The fourth-order valence-electron chi connectivity index (χ4n) is 4.09. The number of urea groups is 1. The molecule has 0 aliphatic heterocycles. The lowest BCUT2D eigenvalue weighted by molar-refractivity contribution is -0.129. The summed E-state index contributed by atoms with van der Waals surface area (Å²) in [5.74, 6) is -1.20. The molecule has 0 aromatic heterocycles. The highest BCUT2D eigenvalue weighted by atomic mass is 16.2. The van der Waals surface area contributed by atoms with E-state index in [-0.39, 0.29) is 24.3 Å². The Morgan fingerprint density at radius 3 is 1.69 bits per heavy atom. The number of carbonyl (C=O) groups excluding carboxylic acids is 3. The summed E-state index contributed by atoms with van der Waals surface area (Å²) in [4.78, 5) is 41.8. The number of guanidine groups is 1. The zero-order valence-corrected chi connectivity index (χ0v) is 21.7. The number of primary amides is 1. The van der Waals surface area contributed by atoms with E-state index < -0.39 is 18.0 Å². The van der Waals surface area contributed by atoms with E-state index in [4.69, 9.17) is 17.2 Å². The molecule has 0 bridgehead atoms. The highest BCUT2D eigenvalue weighted by Gasteiger charge is 2.27. The molecule has 0 aliphatic carbocycles. The molecule has 0 spiro atoms. The van der Waals surface area contributed by atoms with Gasteiger partial charge in [-0.2, -0.15) is 0 Å². The Kier molecular flexibility index (Phi) is 10.9. The van der Waals surface area contributed by atoms with Crippen molar-refractivity contribution in [2.75, 3.05) is 6.54 Å². The first-order valence-electron chi connectivity index (χ1n) is 12.7. The predicted octanol–water partition coefficient (Wildman–Crippen LogP) is 1.84. The lowest BCUT2D eigenvalue weighted by Gasteiger charge is -2.23. The summed E-state index contributed by atoms with van der Waals surface area (Å²) >= 11 is 0. The van der Waals surface area contributed by atoms with Crippen LogP contribution >= 0.6 is 0 Å². The number of nitrogens with one attached hydrogen (secondary N) is 3. The number of hydrogen-bond donors (Lipinski definition) is 6. The van der Waals surface area contributed by atoms with E-state index in [2.05, 4.69) is 20.9 Å². The Bertz CT molecular complexity index is 1210. The zero-order valence-electron chi connectivity index (χ0n) is 21.7. The molecule has 204 valence electrons. The zero-order chi connectivity index (χ0) is 28.0. The SMILES string of the molecule is NC(=O)NCc1ccc(CNC(=O)C(CCCN=C(N)N)NC(=O)C(c2ccccc2)c2ccccc2)cc1. The van der Waals surface area contributed by atoms with E-state index in [1.165, 1.54) is 0 Å². The van der Waals surface area contributed by atoms with Gasteiger partial charge in [0.15, 0.2) is 5.96 Å². The van der Waals surface area contributed by atoms with E-state index in [0.29, 0.717) is 25.9 Å². The minimum atomic E-state index is -0.791. The van der Waals surface area contributed by atoms with Crippen molar-refractivity contribution in [3.05, 3.63) is 107 Å². The molecule has 0 saturated carbocycles. The molecule has 4 amide bonds. The number of benzene rings is 3. The molecule has 3 aromatic carbocycles. The van der Waals surface area contributed by atoms with Gasteiger partial charge in [-0.3, -0.25) is 14.6 Å². The van der Waals surface area contributed by atoms with E-state index in [9.17, 15) is 14.4 Å². The highest BCUT2D eigenvalue weighted by Crippen LogP contribution is 2.25. The van der Waals surface area contributed by atoms with Crippen LogP contribution in [0.1, 0.15) is 41.0 Å². The van der Waals surface area contributed by atoms with E-state index >= 15 is 0 Å². The third-order valence-corrected chi connectivity index (χ3v) is 6.06. The first kappa shape index (κ1) is 28.7. The molecule has 0 fully saturated rings. The third kappa shape index (κ3) is 9.51. The average molecular weight is 530 g/mol. The van der Waals surface area contributed by atoms with E-state index in [0.717, 1.165) is 22.3 Å². The van der Waals surface area contributed by atoms with Gasteiger partial charge in [-0.15, -0.1) is 0 Å². The maximum Gasteiger partial charge on any atom is 0.312 e. The van der Waals surface area contributed by atoms with Gasteiger partial charge >= 0.3 is 6.03 Å². The monoisotopic (exact) mass is 529 g/mol. The Hall–Kier alpha value is -4.86. The predicted molar refractivity (Wildman–Crippen MR) is 151 cm³/mol. The van der Waals surface area contributed by atoms with Crippen LogP contribution < -0.4 is 33.2 Å². The van der Waals surface area contributed by atoms with Crippen molar-refractivity contribution in [2.24, 2.45) is 22.2 Å². The summed E-state index contributed by atoms with van der Waals surface area (Å²) in [7, 11) is 0. The first-order valence-corrected chi connectivity index (χ1v) is 12.7. The molecule has 10 heteroatoms. The van der Waals surface area contributed by atoms with Crippen LogP contribution in [-0.4, -0.2) is 36.4 Å². The average Bonchev–Trinajstić information content (AvgIpc) is 2.94. The van der Waals surface area contributed by atoms with E-state index in [1.54, 1.807) is 0 Å². The number of aliphatic imine (C=N–C) groups is 1. The number of rotatable bonds is 13. The summed E-state index contributed by atoms with van der Waals surface area (Å²) in [5, 5.41) is 8.41. The Morgan fingerprint density at radius 1 is 0.692 bits per heavy atom. The van der Waals surface area contributed by atoms with Gasteiger partial charge in [0.25, 0.3) is 0 Å². The molecule has 0 radical (unpaired) electrons. The van der Waals surface area contributed by atoms with Gasteiger partial charge in [-0.25, -0.2) is 4.79 Å². The molecule has 3 rings (SSSR count). The van der Waals surface area contributed by atoms with Crippen molar-refractivity contribution < 1.29 is 14.4 Å². The Labute approximate surface area is 228 Å². The summed E-state index contributed by atoms with van der Waals surface area (Å²) < 4.78 is 0. The summed E-state index contributed by atoms with van der Waals surface area (Å²) in [6.45, 7) is 0.920. The van der Waals surface area contributed by atoms with Crippen molar-refractivity contribution in [3.8, 4) is 0 Å². The molecule has 0 aliphatic rings. The largest absolute Gasteiger partial charge is 0.370 e. The topological polar surface area (TPSA) is 178 Å². The van der Waals surface area contributed by atoms with Crippen molar-refractivity contribution in [3.63, 3.8) is 0 Å². The molecule has 0 heterocycles. The second kappa shape index (κ2) is 14.8. The second-order valence-electron chi connectivity index (χ2n) is 9.02. The molecular weight excluding hydrogens is 494 g/mol. The lowest BCUT2D eigenvalue weighted by Crippen LogP contribution is -2.48. The van der Waals surface area contributed by atoms with Crippen LogP contribution in [0.3, 0.4) is 0 Å². The van der Waals surface area contributed by atoms with Gasteiger partial charge in [0, 0.05) is 19.6 Å². The quantitative estimate of drug-likeness (QED) is 0.112. The maximum atomic E-state index is 13.6. The molecule has 1 unspecified atom stereocenters. The number of amides is 4. The number of carbonyl (C=O) groups is 3.